The first-order valence-corrected chi connectivity index (χ1v) is 22.1. The zero-order valence-electron chi connectivity index (χ0n) is 17.3. The molecule has 0 spiro atoms. The van der Waals surface area contributed by atoms with E-state index in [9.17, 15) is 0 Å². The van der Waals surface area contributed by atoms with Crippen LogP contribution in [0, 0.1) is 0 Å². The van der Waals surface area contributed by atoms with Gasteiger partial charge in [0.15, 0.2) is 0 Å². The van der Waals surface area contributed by atoms with Gasteiger partial charge in [-0.2, -0.15) is 0 Å². The number of unbranched alkanes of at least 4 members (excludes halogenated alkanes) is 4. The van der Waals surface area contributed by atoms with Gasteiger partial charge in [-0.15, -0.1) is 0 Å². The zero-order chi connectivity index (χ0) is 18.2. The summed E-state index contributed by atoms with van der Waals surface area (Å²) in [5, 5.41) is 0. The van der Waals surface area contributed by atoms with Crippen molar-refractivity contribution >= 4 is 21.2 Å². The van der Waals surface area contributed by atoms with E-state index in [2.05, 4.69) is 20.8 Å². The van der Waals surface area contributed by atoms with Gasteiger partial charge in [0.2, 0.25) is 0 Å². The summed E-state index contributed by atoms with van der Waals surface area (Å²) < 4.78 is 23.4. The second-order valence-electron chi connectivity index (χ2n) is 7.88. The Hall–Kier alpha value is 0.802. The van der Waals surface area contributed by atoms with Crippen LogP contribution < -0.4 is 0 Å². The van der Waals surface area contributed by atoms with Crippen molar-refractivity contribution in [1.29, 1.82) is 0 Å². The second kappa shape index (κ2) is 15.8. The molecule has 1 heterocycles. The molecule has 0 N–H and O–H groups in total. The molecule has 0 radical (unpaired) electrons. The molecular weight excluding hydrogens is 507 g/mol. The summed E-state index contributed by atoms with van der Waals surface area (Å²) in [5.41, 5.74) is 0. The average Bonchev–Trinajstić information content (AvgIpc) is 2.66. The Morgan fingerprint density at radius 3 is 1.88 bits per heavy atom. The Bertz CT molecular complexity index is 271. The maximum absolute atomic E-state index is 6.30. The molecular formula is C21H44O3Pb. The fraction of sp³-hybridized carbons (Fsp3) is 1.00. The van der Waals surface area contributed by atoms with Gasteiger partial charge in [-0.1, -0.05) is 0 Å². The van der Waals surface area contributed by atoms with Crippen LogP contribution in [0.1, 0.15) is 85.0 Å². The predicted octanol–water partition coefficient (Wildman–Crippen LogP) is 6.32. The van der Waals surface area contributed by atoms with Crippen molar-refractivity contribution in [3.05, 3.63) is 0 Å². The molecule has 4 heteroatoms. The van der Waals surface area contributed by atoms with E-state index in [1.807, 2.05) is 0 Å². The van der Waals surface area contributed by atoms with Crippen LogP contribution in [0.5, 0.6) is 0 Å². The molecule has 0 atom stereocenters. The molecule has 1 aliphatic rings. The van der Waals surface area contributed by atoms with Gasteiger partial charge in [-0.25, -0.2) is 0 Å². The first kappa shape index (κ1) is 23.8. The molecule has 0 aromatic rings. The minimum atomic E-state index is -2.21. The monoisotopic (exact) mass is 552 g/mol. The first-order valence-electron chi connectivity index (χ1n) is 11.1. The standard InChI is InChI=1S/C9H17O3.3C4H9.Pb/c1-10-6-3-2-5-9-11-7-4-8-12-9;3*1-3-4-2;/h9H,1-8H2;3*1,3-4H2,2H3;. The van der Waals surface area contributed by atoms with Crippen LogP contribution in [0.3, 0.4) is 0 Å². The van der Waals surface area contributed by atoms with Gasteiger partial charge in [0.25, 0.3) is 0 Å². The van der Waals surface area contributed by atoms with E-state index in [0.717, 1.165) is 45.5 Å². The van der Waals surface area contributed by atoms with Crippen LogP contribution in [-0.4, -0.2) is 51.4 Å². The first-order chi connectivity index (χ1) is 12.3. The summed E-state index contributed by atoms with van der Waals surface area (Å²) in [6.45, 7) is 9.70. The third-order valence-corrected chi connectivity index (χ3v) is 25.1. The van der Waals surface area contributed by atoms with Crippen LogP contribution in [0.4, 0.5) is 0 Å². The van der Waals surface area contributed by atoms with Gasteiger partial charge in [0.1, 0.15) is 0 Å². The van der Waals surface area contributed by atoms with Crippen molar-refractivity contribution in [2.75, 3.05) is 24.0 Å². The van der Waals surface area contributed by atoms with Crippen molar-refractivity contribution in [1.82, 2.24) is 0 Å². The van der Waals surface area contributed by atoms with E-state index in [1.165, 1.54) is 42.7 Å². The Labute approximate surface area is 162 Å². The zero-order valence-corrected chi connectivity index (χ0v) is 21.2. The molecule has 1 aliphatic heterocycles. The molecule has 0 bridgehead atoms. The second-order valence-corrected chi connectivity index (χ2v) is 26.5. The van der Waals surface area contributed by atoms with E-state index in [4.69, 9.17) is 14.2 Å². The van der Waals surface area contributed by atoms with Gasteiger partial charge in [-0.3, -0.25) is 0 Å². The number of hydrogen-bond acceptors (Lipinski definition) is 3. The van der Waals surface area contributed by atoms with Gasteiger partial charge in [-0.05, 0) is 0 Å². The van der Waals surface area contributed by atoms with Crippen LogP contribution in [-0.2, 0) is 14.2 Å². The Morgan fingerprint density at radius 2 is 1.36 bits per heavy atom. The summed E-state index contributed by atoms with van der Waals surface area (Å²) in [6, 6.07) is 0. The van der Waals surface area contributed by atoms with Crippen molar-refractivity contribution in [2.24, 2.45) is 0 Å². The molecule has 0 amide bonds. The summed E-state index contributed by atoms with van der Waals surface area (Å²) in [6.07, 6.45) is 12.8. The molecule has 25 heavy (non-hydrogen) atoms. The van der Waals surface area contributed by atoms with Gasteiger partial charge >= 0.3 is 163 Å². The van der Waals surface area contributed by atoms with Crippen molar-refractivity contribution in [2.45, 2.75) is 103 Å². The fourth-order valence-electron chi connectivity index (χ4n) is 3.75. The molecule has 0 aromatic carbocycles. The third kappa shape index (κ3) is 11.3. The molecule has 1 saturated heterocycles. The van der Waals surface area contributed by atoms with Crippen molar-refractivity contribution in [3.8, 4) is 0 Å². The average molecular weight is 552 g/mol. The Kier molecular flexibility index (Phi) is 15.1. The molecule has 150 valence electrons. The summed E-state index contributed by atoms with van der Waals surface area (Å²) in [4.78, 5) is 0. The molecule has 0 aromatic heterocycles. The van der Waals surface area contributed by atoms with E-state index in [-0.39, 0.29) is 6.29 Å². The van der Waals surface area contributed by atoms with Crippen molar-refractivity contribution < 1.29 is 14.2 Å². The van der Waals surface area contributed by atoms with Crippen molar-refractivity contribution in [3.63, 3.8) is 0 Å². The number of ether oxygens (including phenoxy) is 3. The molecule has 1 fully saturated rings. The van der Waals surface area contributed by atoms with E-state index in [1.54, 1.807) is 11.9 Å². The maximum atomic E-state index is 6.30. The molecule has 0 aliphatic carbocycles. The van der Waals surface area contributed by atoms with E-state index in [0.29, 0.717) is 0 Å². The van der Waals surface area contributed by atoms with Gasteiger partial charge in [0, 0.05) is 0 Å². The number of hydrogen-bond donors (Lipinski definition) is 0. The van der Waals surface area contributed by atoms with Gasteiger partial charge in [0.05, 0.1) is 0 Å². The predicted molar refractivity (Wildman–Crippen MR) is 110 cm³/mol. The van der Waals surface area contributed by atoms with Crippen LogP contribution >= 0.6 is 0 Å². The van der Waals surface area contributed by atoms with Crippen LogP contribution in [0.15, 0.2) is 0 Å². The topological polar surface area (TPSA) is 27.7 Å². The van der Waals surface area contributed by atoms with E-state index < -0.39 is 21.2 Å². The summed E-state index contributed by atoms with van der Waals surface area (Å²) >= 11 is -2.21. The van der Waals surface area contributed by atoms with Crippen LogP contribution in [0.2, 0.25) is 11.9 Å². The minimum absolute atomic E-state index is 0.0477. The number of rotatable bonds is 16. The SMILES string of the molecule is CCC[CH2][Pb]([CH2]CCC)([CH2]CCC)[CH2]OCCCCC1OCCCO1. The molecule has 3 nitrogen and oxygen atoms in total. The van der Waals surface area contributed by atoms with E-state index >= 15 is 0 Å². The molecule has 1 rings (SSSR count). The van der Waals surface area contributed by atoms with Gasteiger partial charge < -0.3 is 0 Å². The summed E-state index contributed by atoms with van der Waals surface area (Å²) in [7, 11) is 0. The third-order valence-electron chi connectivity index (χ3n) is 5.46. The summed E-state index contributed by atoms with van der Waals surface area (Å²) in [5.74, 6) is 0. The Balaban J connectivity index is 2.28. The fourth-order valence-corrected chi connectivity index (χ4v) is 23.5. The normalized spacial score (nSPS) is 16.4. The Morgan fingerprint density at radius 1 is 0.800 bits per heavy atom. The molecule has 0 unspecified atom stereocenters. The molecule has 0 saturated carbocycles. The quantitative estimate of drug-likeness (QED) is 0.166. The van der Waals surface area contributed by atoms with Crippen LogP contribution in [0.25, 0.3) is 0 Å².